The molecule has 0 spiro atoms. The van der Waals surface area contributed by atoms with Crippen LogP contribution in [-0.2, 0) is 9.84 Å². The van der Waals surface area contributed by atoms with E-state index in [1.165, 1.54) is 0 Å². The smallest absolute Gasteiger partial charge is 0.152 e. The zero-order valence-corrected chi connectivity index (χ0v) is 10.6. The summed E-state index contributed by atoms with van der Waals surface area (Å²) in [4.78, 5) is 2.34. The van der Waals surface area contributed by atoms with Crippen LogP contribution in [0.15, 0.2) is 0 Å². The van der Waals surface area contributed by atoms with Crippen molar-refractivity contribution in [2.45, 2.75) is 11.3 Å². The summed E-state index contributed by atoms with van der Waals surface area (Å²) in [6.07, 6.45) is 2.13. The second-order valence-corrected chi connectivity index (χ2v) is 7.57. The van der Waals surface area contributed by atoms with Crippen molar-refractivity contribution in [3.63, 3.8) is 0 Å². The predicted molar refractivity (Wildman–Crippen MR) is 64.2 cm³/mol. The topological polar surface area (TPSA) is 49.4 Å². The van der Waals surface area contributed by atoms with Gasteiger partial charge in [0.15, 0.2) is 9.84 Å². The highest BCUT2D eigenvalue weighted by Gasteiger charge is 2.34. The Hall–Kier alpha value is 0.220. The molecule has 2 atom stereocenters. The largest absolute Gasteiger partial charge is 0.314 e. The molecule has 6 heteroatoms. The molecule has 2 fully saturated rings. The molecule has 88 valence electrons. The Morgan fingerprint density at radius 1 is 1.27 bits per heavy atom. The lowest BCUT2D eigenvalue weighted by Crippen LogP contribution is -2.49. The van der Waals surface area contributed by atoms with Crippen LogP contribution in [0, 0.1) is 0 Å². The van der Waals surface area contributed by atoms with E-state index in [0.717, 1.165) is 13.1 Å². The molecule has 0 radical (unpaired) electrons. The predicted octanol–water partition coefficient (Wildman–Crippen LogP) is -0.580. The molecular weight excluding hydrogens is 232 g/mol. The molecule has 2 rings (SSSR count). The molecule has 0 aromatic carbocycles. The van der Waals surface area contributed by atoms with Crippen molar-refractivity contribution in [3.05, 3.63) is 0 Å². The zero-order valence-electron chi connectivity index (χ0n) is 8.98. The van der Waals surface area contributed by atoms with E-state index in [2.05, 4.69) is 16.5 Å². The van der Waals surface area contributed by atoms with E-state index >= 15 is 0 Å². The molecule has 2 unspecified atom stereocenters. The van der Waals surface area contributed by atoms with Gasteiger partial charge < -0.3 is 5.32 Å². The van der Waals surface area contributed by atoms with Crippen LogP contribution < -0.4 is 5.32 Å². The third-order valence-electron chi connectivity index (χ3n) is 3.28. The van der Waals surface area contributed by atoms with Crippen LogP contribution in [0.1, 0.15) is 0 Å². The van der Waals surface area contributed by atoms with Gasteiger partial charge in [-0.15, -0.1) is 0 Å². The Kier molecular flexibility index (Phi) is 3.59. The molecule has 2 aliphatic rings. The normalized spacial score (nSPS) is 36.9. The van der Waals surface area contributed by atoms with E-state index in [1.807, 2.05) is 11.8 Å². The maximum Gasteiger partial charge on any atom is 0.152 e. The summed E-state index contributed by atoms with van der Waals surface area (Å²) < 4.78 is 22.6. The maximum absolute atomic E-state index is 11.3. The van der Waals surface area contributed by atoms with Gasteiger partial charge in [0.2, 0.25) is 0 Å². The van der Waals surface area contributed by atoms with Gasteiger partial charge in [-0.1, -0.05) is 0 Å². The van der Waals surface area contributed by atoms with Crippen LogP contribution in [0.2, 0.25) is 0 Å². The van der Waals surface area contributed by atoms with Crippen LogP contribution in [0.5, 0.6) is 0 Å². The van der Waals surface area contributed by atoms with Gasteiger partial charge >= 0.3 is 0 Å². The summed E-state index contributed by atoms with van der Waals surface area (Å²) in [5.41, 5.74) is 0. The van der Waals surface area contributed by atoms with Crippen molar-refractivity contribution in [2.75, 3.05) is 43.9 Å². The highest BCUT2D eigenvalue weighted by molar-refractivity contribution is 7.99. The minimum atomic E-state index is -2.74. The van der Waals surface area contributed by atoms with E-state index in [1.54, 1.807) is 0 Å². The van der Waals surface area contributed by atoms with Crippen molar-refractivity contribution in [1.82, 2.24) is 10.2 Å². The second-order valence-electron chi connectivity index (χ2n) is 4.19. The third kappa shape index (κ3) is 2.67. The summed E-state index contributed by atoms with van der Waals surface area (Å²) in [5, 5.41) is 4.00. The minimum Gasteiger partial charge on any atom is -0.314 e. The lowest BCUT2D eigenvalue weighted by atomic mass is 10.2. The fourth-order valence-electron chi connectivity index (χ4n) is 2.30. The minimum absolute atomic E-state index is 0.338. The fraction of sp³-hybridized carbons (Fsp3) is 1.00. The van der Waals surface area contributed by atoms with Crippen molar-refractivity contribution >= 4 is 21.6 Å². The van der Waals surface area contributed by atoms with Crippen molar-refractivity contribution in [2.24, 2.45) is 0 Å². The SMILES string of the molecule is CSC1CNCC1N1CCS(=O)(=O)CC1. The van der Waals surface area contributed by atoms with Gasteiger partial charge in [0.1, 0.15) is 0 Å². The third-order valence-corrected chi connectivity index (χ3v) is 5.97. The molecule has 0 saturated carbocycles. The molecule has 2 saturated heterocycles. The molecule has 0 bridgehead atoms. The maximum atomic E-state index is 11.3. The first-order valence-electron chi connectivity index (χ1n) is 5.30. The van der Waals surface area contributed by atoms with Crippen molar-refractivity contribution in [1.29, 1.82) is 0 Å². The van der Waals surface area contributed by atoms with Gasteiger partial charge in [-0.05, 0) is 6.26 Å². The lowest BCUT2D eigenvalue weighted by molar-refractivity contribution is 0.229. The second kappa shape index (κ2) is 4.61. The fourth-order valence-corrected chi connectivity index (χ4v) is 4.40. The number of sulfone groups is 1. The molecule has 1 N–H and O–H groups in total. The van der Waals surface area contributed by atoms with Crippen LogP contribution in [-0.4, -0.2) is 68.5 Å². The van der Waals surface area contributed by atoms with Gasteiger partial charge in [0.05, 0.1) is 11.5 Å². The van der Waals surface area contributed by atoms with Gasteiger partial charge in [-0.3, -0.25) is 4.90 Å². The van der Waals surface area contributed by atoms with Gasteiger partial charge in [0, 0.05) is 37.5 Å². The number of nitrogens with one attached hydrogen (secondary N) is 1. The molecule has 2 heterocycles. The number of thioether (sulfide) groups is 1. The Morgan fingerprint density at radius 2 is 1.93 bits per heavy atom. The van der Waals surface area contributed by atoms with E-state index in [9.17, 15) is 8.42 Å². The van der Waals surface area contributed by atoms with E-state index < -0.39 is 9.84 Å². The van der Waals surface area contributed by atoms with Gasteiger partial charge in [0.25, 0.3) is 0 Å². The van der Waals surface area contributed by atoms with Crippen LogP contribution in [0.25, 0.3) is 0 Å². The molecule has 4 nitrogen and oxygen atoms in total. The Balaban J connectivity index is 1.95. The standard InChI is InChI=1S/C9H18N2O2S2/c1-14-9-7-10-6-8(9)11-2-4-15(12,13)5-3-11/h8-10H,2-7H2,1H3. The highest BCUT2D eigenvalue weighted by Crippen LogP contribution is 2.21. The van der Waals surface area contributed by atoms with Crippen LogP contribution in [0.3, 0.4) is 0 Å². The molecular formula is C9H18N2O2S2. The number of hydrogen-bond acceptors (Lipinski definition) is 5. The zero-order chi connectivity index (χ0) is 10.9. The van der Waals surface area contributed by atoms with Crippen molar-refractivity contribution in [3.8, 4) is 0 Å². The van der Waals surface area contributed by atoms with E-state index in [-0.39, 0.29) is 0 Å². The molecule has 0 aromatic rings. The average molecular weight is 250 g/mol. The first-order valence-corrected chi connectivity index (χ1v) is 8.41. The molecule has 15 heavy (non-hydrogen) atoms. The molecule has 2 aliphatic heterocycles. The average Bonchev–Trinajstić information content (AvgIpc) is 2.65. The summed E-state index contributed by atoms with van der Waals surface area (Å²) in [6.45, 7) is 3.48. The number of rotatable bonds is 2. The van der Waals surface area contributed by atoms with Crippen molar-refractivity contribution < 1.29 is 8.42 Å². The highest BCUT2D eigenvalue weighted by atomic mass is 32.2. The molecule has 0 amide bonds. The van der Waals surface area contributed by atoms with Crippen LogP contribution >= 0.6 is 11.8 Å². The number of nitrogens with zero attached hydrogens (tertiary/aromatic N) is 1. The Morgan fingerprint density at radius 3 is 2.53 bits per heavy atom. The quantitative estimate of drug-likeness (QED) is 0.711. The first-order chi connectivity index (χ1) is 7.12. The molecule has 0 aliphatic carbocycles. The van der Waals surface area contributed by atoms with E-state index in [4.69, 9.17) is 0 Å². The summed E-state index contributed by atoms with van der Waals surface area (Å²) in [7, 11) is -2.74. The summed E-state index contributed by atoms with van der Waals surface area (Å²) in [6, 6.07) is 0.524. The van der Waals surface area contributed by atoms with Gasteiger partial charge in [-0.2, -0.15) is 11.8 Å². The lowest BCUT2D eigenvalue weighted by Gasteiger charge is -2.34. The first kappa shape index (κ1) is 11.7. The summed E-state index contributed by atoms with van der Waals surface area (Å²) in [5.74, 6) is 0.676. The monoisotopic (exact) mass is 250 g/mol. The Bertz CT molecular complexity index is 304. The van der Waals surface area contributed by atoms with Crippen LogP contribution in [0.4, 0.5) is 0 Å². The van der Waals surface area contributed by atoms with Gasteiger partial charge in [-0.25, -0.2) is 8.42 Å². The summed E-state index contributed by atoms with van der Waals surface area (Å²) >= 11 is 1.88. The Labute approximate surface area is 95.7 Å². The molecule has 0 aromatic heterocycles. The number of hydrogen-bond donors (Lipinski definition) is 1. The van der Waals surface area contributed by atoms with E-state index in [0.29, 0.717) is 35.9 Å².